The Morgan fingerprint density at radius 3 is 2.78 bits per heavy atom. The summed E-state index contributed by atoms with van der Waals surface area (Å²) in [5.74, 6) is 0.146. The van der Waals surface area contributed by atoms with E-state index >= 15 is 0 Å². The van der Waals surface area contributed by atoms with Crippen LogP contribution < -0.4 is 16.1 Å². The van der Waals surface area contributed by atoms with E-state index in [1.54, 1.807) is 25.5 Å². The number of anilines is 1. The van der Waals surface area contributed by atoms with Gasteiger partial charge in [-0.2, -0.15) is 0 Å². The zero-order chi connectivity index (χ0) is 21.3. The smallest absolute Gasteiger partial charge is 0.258 e. The second kappa shape index (κ2) is 11.0. The molecule has 2 aromatic heterocycles. The molecule has 11 heteroatoms. The van der Waals surface area contributed by atoms with Crippen molar-refractivity contribution in [1.82, 2.24) is 19.9 Å². The van der Waals surface area contributed by atoms with Crippen molar-refractivity contribution in [3.8, 4) is 0 Å². The van der Waals surface area contributed by atoms with Crippen LogP contribution in [0.15, 0.2) is 36.5 Å². The first-order valence-corrected chi connectivity index (χ1v) is 13.0. The Bertz CT molecular complexity index is 1140. The lowest BCUT2D eigenvalue weighted by atomic mass is 10.1. The van der Waals surface area contributed by atoms with Gasteiger partial charge in [0.25, 0.3) is 5.91 Å². The first-order chi connectivity index (χ1) is 14.3. The maximum atomic E-state index is 13.0. The van der Waals surface area contributed by atoms with E-state index in [-0.39, 0.29) is 36.8 Å². The average molecular weight is 519 g/mol. The molecule has 1 amide bonds. The van der Waals surface area contributed by atoms with Gasteiger partial charge in [0.1, 0.15) is 12.6 Å². The zero-order valence-corrected chi connectivity index (χ0v) is 21.2. The van der Waals surface area contributed by atoms with Gasteiger partial charge in [0, 0.05) is 24.3 Å². The summed E-state index contributed by atoms with van der Waals surface area (Å²) >= 11 is 6.53. The first-order valence-electron chi connectivity index (χ1n) is 10.0. The number of hydrogen-bond donors (Lipinski definition) is 2. The highest BCUT2D eigenvalue weighted by Gasteiger charge is 2.24. The van der Waals surface area contributed by atoms with E-state index in [0.717, 1.165) is 43.4 Å². The molecule has 1 aromatic carbocycles. The van der Waals surface area contributed by atoms with E-state index in [9.17, 15) is 9.36 Å². The van der Waals surface area contributed by atoms with Crippen molar-refractivity contribution >= 4 is 71.9 Å². The molecule has 0 spiro atoms. The molecular formula is C21H27Cl3N5O2P. The minimum Gasteiger partial charge on any atom is -0.318 e. The van der Waals surface area contributed by atoms with Gasteiger partial charge in [-0.25, -0.2) is 4.98 Å². The van der Waals surface area contributed by atoms with E-state index in [1.807, 2.05) is 22.8 Å². The minimum atomic E-state index is -2.57. The van der Waals surface area contributed by atoms with Crippen molar-refractivity contribution in [2.45, 2.75) is 25.3 Å². The molecule has 1 saturated heterocycles. The number of hydrogen-bond acceptors (Lipinski definition) is 5. The number of nitrogens with one attached hydrogen (secondary N) is 2. The summed E-state index contributed by atoms with van der Waals surface area (Å²) < 4.78 is 14.4. The summed E-state index contributed by atoms with van der Waals surface area (Å²) in [6, 6.07) is 8.92. The van der Waals surface area contributed by atoms with Crippen LogP contribution in [0.4, 0.5) is 5.95 Å². The fourth-order valence-electron chi connectivity index (χ4n) is 3.80. The van der Waals surface area contributed by atoms with Crippen molar-refractivity contribution in [1.29, 1.82) is 0 Å². The second-order valence-corrected chi connectivity index (χ2v) is 11.5. The fourth-order valence-corrected chi connectivity index (χ4v) is 4.85. The topological polar surface area (TPSA) is 88.9 Å². The molecule has 0 radical (unpaired) electrons. The van der Waals surface area contributed by atoms with Crippen molar-refractivity contribution in [3.63, 3.8) is 0 Å². The molecule has 0 bridgehead atoms. The van der Waals surface area contributed by atoms with Crippen molar-refractivity contribution in [2.24, 2.45) is 0 Å². The SMILES string of the molecule is CP(C)(=O)c1cc(C(=O)Nc2nc3cccc(Cl)c3n2C2CCCCNC2)ccn1.Cl.Cl. The van der Waals surface area contributed by atoms with Gasteiger partial charge in [-0.1, -0.05) is 24.1 Å². The Labute approximate surface area is 204 Å². The highest BCUT2D eigenvalue weighted by atomic mass is 35.5. The molecule has 32 heavy (non-hydrogen) atoms. The van der Waals surface area contributed by atoms with Gasteiger partial charge in [0.15, 0.2) is 0 Å². The van der Waals surface area contributed by atoms with Crippen LogP contribution in [-0.2, 0) is 4.57 Å². The van der Waals surface area contributed by atoms with Crippen LogP contribution in [0.5, 0.6) is 0 Å². The number of para-hydroxylation sites is 1. The average Bonchev–Trinajstić information content (AvgIpc) is 2.88. The van der Waals surface area contributed by atoms with Crippen molar-refractivity contribution in [2.75, 3.05) is 31.7 Å². The monoisotopic (exact) mass is 517 g/mol. The Morgan fingerprint density at radius 2 is 2.03 bits per heavy atom. The summed E-state index contributed by atoms with van der Waals surface area (Å²) in [7, 11) is -2.57. The number of pyridine rings is 1. The normalized spacial score (nSPS) is 16.5. The molecule has 1 unspecified atom stereocenters. The highest BCUT2D eigenvalue weighted by Crippen LogP contribution is 2.34. The predicted octanol–water partition coefficient (Wildman–Crippen LogP) is 4.74. The molecule has 1 aliphatic rings. The van der Waals surface area contributed by atoms with Crippen LogP contribution in [0.2, 0.25) is 5.02 Å². The summed E-state index contributed by atoms with van der Waals surface area (Å²) in [6.07, 6.45) is 4.69. The van der Waals surface area contributed by atoms with Crippen LogP contribution in [0.1, 0.15) is 35.7 Å². The van der Waals surface area contributed by atoms with Gasteiger partial charge in [-0.3, -0.25) is 15.1 Å². The second-order valence-electron chi connectivity index (χ2n) is 7.97. The van der Waals surface area contributed by atoms with Gasteiger partial charge in [0.05, 0.1) is 16.1 Å². The van der Waals surface area contributed by atoms with Crippen LogP contribution in [-0.4, -0.2) is 46.9 Å². The zero-order valence-electron chi connectivity index (χ0n) is 17.9. The van der Waals surface area contributed by atoms with Crippen LogP contribution in [0.25, 0.3) is 11.0 Å². The highest BCUT2D eigenvalue weighted by molar-refractivity contribution is 7.69. The van der Waals surface area contributed by atoms with Gasteiger partial charge < -0.3 is 14.4 Å². The third kappa shape index (κ3) is 5.64. The van der Waals surface area contributed by atoms with Crippen LogP contribution in [0.3, 0.4) is 0 Å². The van der Waals surface area contributed by atoms with E-state index in [1.165, 1.54) is 6.20 Å². The third-order valence-corrected chi connectivity index (χ3v) is 6.98. The Hall–Kier alpha value is -1.63. The van der Waals surface area contributed by atoms with Crippen LogP contribution in [0, 0.1) is 0 Å². The largest absolute Gasteiger partial charge is 0.318 e. The lowest BCUT2D eigenvalue weighted by Crippen LogP contribution is -2.26. The maximum absolute atomic E-state index is 13.0. The third-order valence-electron chi connectivity index (χ3n) is 5.33. The number of amides is 1. The van der Waals surface area contributed by atoms with Gasteiger partial charge >= 0.3 is 0 Å². The molecule has 7 nitrogen and oxygen atoms in total. The molecule has 1 atom stereocenters. The molecule has 174 valence electrons. The lowest BCUT2D eigenvalue weighted by Gasteiger charge is -2.20. The van der Waals surface area contributed by atoms with E-state index < -0.39 is 7.14 Å². The fraction of sp³-hybridized carbons (Fsp3) is 0.381. The van der Waals surface area contributed by atoms with Gasteiger partial charge in [0.2, 0.25) is 5.95 Å². The van der Waals surface area contributed by atoms with E-state index in [2.05, 4.69) is 20.6 Å². The number of imidazole rings is 1. The number of carbonyl (C=O) groups excluding carboxylic acids is 1. The van der Waals surface area contributed by atoms with E-state index in [0.29, 0.717) is 22.0 Å². The summed E-state index contributed by atoms with van der Waals surface area (Å²) in [4.78, 5) is 21.8. The Balaban J connectivity index is 0.00000181. The molecule has 0 saturated carbocycles. The Kier molecular flexibility index (Phi) is 9.15. The summed E-state index contributed by atoms with van der Waals surface area (Å²) in [6.45, 7) is 5.04. The number of nitrogens with zero attached hydrogens (tertiary/aromatic N) is 3. The van der Waals surface area contributed by atoms with Gasteiger partial charge in [-0.15, -0.1) is 24.8 Å². The maximum Gasteiger partial charge on any atom is 0.258 e. The van der Waals surface area contributed by atoms with Crippen molar-refractivity contribution < 1.29 is 9.36 Å². The number of aromatic nitrogens is 3. The minimum absolute atomic E-state index is 0. The van der Waals surface area contributed by atoms with Gasteiger partial charge in [-0.05, 0) is 57.0 Å². The standard InChI is InChI=1S/C21H25ClN5O2P.2ClH/c1-30(2,29)18-12-14(9-11-24-18)20(28)26-21-25-17-8-5-7-16(22)19(17)27(21)15-6-3-4-10-23-13-15;;/h5,7-9,11-12,15,23H,3-4,6,10,13H2,1-2H3,(H,25,26,28);2*1H. The van der Waals surface area contributed by atoms with E-state index in [4.69, 9.17) is 11.6 Å². The summed E-state index contributed by atoms with van der Waals surface area (Å²) in [5.41, 5.74) is 2.39. The molecule has 3 heterocycles. The molecule has 3 aromatic rings. The predicted molar refractivity (Wildman–Crippen MR) is 136 cm³/mol. The molecule has 1 aliphatic heterocycles. The number of fused-ring (bicyclic) bond motifs is 1. The lowest BCUT2D eigenvalue weighted by molar-refractivity contribution is 0.102. The quantitative estimate of drug-likeness (QED) is 0.487. The number of benzene rings is 1. The Morgan fingerprint density at radius 1 is 1.25 bits per heavy atom. The number of rotatable bonds is 4. The van der Waals surface area contributed by atoms with Crippen LogP contribution >= 0.6 is 43.6 Å². The molecule has 2 N–H and O–H groups in total. The number of carbonyl (C=O) groups is 1. The summed E-state index contributed by atoms with van der Waals surface area (Å²) in [5, 5.41) is 7.02. The van der Waals surface area contributed by atoms with Crippen molar-refractivity contribution in [3.05, 3.63) is 47.1 Å². The molecule has 1 fully saturated rings. The number of halogens is 3. The first kappa shape index (κ1) is 26.6. The molecule has 4 rings (SSSR count). The molecular weight excluding hydrogens is 492 g/mol. The molecule has 0 aliphatic carbocycles.